The van der Waals surface area contributed by atoms with Gasteiger partial charge in [-0.05, 0) is 12.5 Å². The van der Waals surface area contributed by atoms with E-state index >= 15 is 0 Å². The van der Waals surface area contributed by atoms with Crippen molar-refractivity contribution >= 4 is 32.4 Å². The molecule has 0 fully saturated rings. The predicted octanol–water partition coefficient (Wildman–Crippen LogP) is 2.59. The summed E-state index contributed by atoms with van der Waals surface area (Å²) in [7, 11) is -1.38. The third kappa shape index (κ3) is 2.35. The molecule has 0 spiro atoms. The Morgan fingerprint density at radius 3 is 2.85 bits per heavy atom. The van der Waals surface area contributed by atoms with E-state index < -0.39 is 17.2 Å². The molecule has 1 aliphatic heterocycles. The highest BCUT2D eigenvalue weighted by Crippen LogP contribution is 2.34. The third-order valence-corrected chi connectivity index (χ3v) is 5.33. The van der Waals surface area contributed by atoms with Gasteiger partial charge in [-0.3, -0.25) is 9.62 Å². The Morgan fingerprint density at radius 2 is 2.15 bits per heavy atom. The number of nitrogens with one attached hydrogen (secondary N) is 1. The van der Waals surface area contributed by atoms with Crippen LogP contribution < -0.4 is 9.54 Å². The second-order valence-electron chi connectivity index (χ2n) is 4.28. The third-order valence-electron chi connectivity index (χ3n) is 2.93. The zero-order valence-electron chi connectivity index (χ0n) is 9.99. The van der Waals surface area contributed by atoms with Crippen LogP contribution in [0.3, 0.4) is 0 Å². The highest BCUT2D eigenvalue weighted by molar-refractivity contribution is 7.85. The zero-order valence-corrected chi connectivity index (χ0v) is 11.6. The Hall–Kier alpha value is -1.35. The molecule has 1 aliphatic rings. The van der Waals surface area contributed by atoms with Crippen LogP contribution in [0.15, 0.2) is 17.0 Å². The first kappa shape index (κ1) is 13.6. The largest absolute Gasteiger partial charge is 0.573 e. The summed E-state index contributed by atoms with van der Waals surface area (Å²) in [6.07, 6.45) is -4.16. The van der Waals surface area contributed by atoms with Crippen molar-refractivity contribution in [2.75, 3.05) is 5.75 Å². The van der Waals surface area contributed by atoms with Gasteiger partial charge in [0.1, 0.15) is 5.75 Å². The second kappa shape index (κ2) is 4.59. The lowest BCUT2D eigenvalue weighted by Crippen LogP contribution is -2.17. The molecule has 20 heavy (non-hydrogen) atoms. The number of rotatable bonds is 1. The number of nitrogens with zero attached hydrogens (tertiary/aromatic N) is 1. The van der Waals surface area contributed by atoms with Crippen LogP contribution in [0, 0.1) is 5.41 Å². The van der Waals surface area contributed by atoms with Gasteiger partial charge in [-0.2, -0.15) is 0 Å². The summed E-state index contributed by atoms with van der Waals surface area (Å²) in [6.45, 7) is 0.553. The first-order valence-electron chi connectivity index (χ1n) is 5.71. The molecule has 3 rings (SSSR count). The van der Waals surface area contributed by atoms with E-state index in [1.54, 1.807) is 4.57 Å². The van der Waals surface area contributed by atoms with Gasteiger partial charge < -0.3 is 9.30 Å². The van der Waals surface area contributed by atoms with E-state index in [9.17, 15) is 17.4 Å². The quantitative estimate of drug-likeness (QED) is 0.877. The van der Waals surface area contributed by atoms with Gasteiger partial charge in [0.15, 0.2) is 4.80 Å². The molecule has 0 saturated carbocycles. The molecule has 9 heteroatoms. The molecule has 0 radical (unpaired) electrons. The fraction of sp³-hybridized carbons (Fsp3) is 0.364. The fourth-order valence-corrected chi connectivity index (χ4v) is 4.56. The average Bonchev–Trinajstić information content (AvgIpc) is 2.51. The van der Waals surface area contributed by atoms with Gasteiger partial charge in [-0.1, -0.05) is 11.3 Å². The number of aromatic nitrogens is 1. The number of alkyl halides is 3. The lowest BCUT2D eigenvalue weighted by molar-refractivity contribution is -0.274. The Labute approximate surface area is 117 Å². The minimum atomic E-state index is -4.79. The summed E-state index contributed by atoms with van der Waals surface area (Å²) < 4.78 is 55.2. The normalized spacial score (nSPS) is 19.1. The molecule has 108 valence electrons. The molecular weight excluding hydrogens is 313 g/mol. The number of ether oxygens (including phenoxy) is 1. The summed E-state index contributed by atoms with van der Waals surface area (Å²) >= 11 is 1.06. The van der Waals surface area contributed by atoms with Crippen LogP contribution in [-0.2, 0) is 17.3 Å². The SMILES string of the molecule is N=c1sc2cc(OC(F)(F)F)cc3c2n1CCCS3=O. The van der Waals surface area contributed by atoms with Crippen molar-refractivity contribution < 1.29 is 22.1 Å². The van der Waals surface area contributed by atoms with Gasteiger partial charge in [0.25, 0.3) is 0 Å². The Balaban J connectivity index is 2.26. The van der Waals surface area contributed by atoms with Gasteiger partial charge in [-0.15, -0.1) is 13.2 Å². The van der Waals surface area contributed by atoms with Crippen LogP contribution >= 0.6 is 11.3 Å². The molecule has 0 aliphatic carbocycles. The molecule has 1 unspecified atom stereocenters. The van der Waals surface area contributed by atoms with E-state index in [4.69, 9.17) is 5.41 Å². The van der Waals surface area contributed by atoms with Crippen LogP contribution in [0.25, 0.3) is 10.2 Å². The monoisotopic (exact) mass is 322 g/mol. The Bertz CT molecular complexity index is 763. The second-order valence-corrected chi connectivity index (χ2v) is 6.85. The van der Waals surface area contributed by atoms with Gasteiger partial charge in [0.2, 0.25) is 0 Å². The highest BCUT2D eigenvalue weighted by atomic mass is 32.2. The van der Waals surface area contributed by atoms with Crippen LogP contribution in [-0.4, -0.2) is 20.9 Å². The molecule has 2 aromatic rings. The number of benzene rings is 1. The first-order valence-corrected chi connectivity index (χ1v) is 7.85. The molecule has 2 heterocycles. The van der Waals surface area contributed by atoms with Crippen molar-refractivity contribution in [1.82, 2.24) is 4.57 Å². The molecule has 1 aromatic heterocycles. The van der Waals surface area contributed by atoms with E-state index in [1.807, 2.05) is 0 Å². The maximum atomic E-state index is 12.3. The standard InChI is InChI=1S/C11H9F3N2O2S2/c12-11(13,14)18-6-4-7-9-8(5-6)20(17)3-1-2-16(9)10(15)19-7/h4-5,15H,1-3H2. The number of thiazole rings is 1. The summed E-state index contributed by atoms with van der Waals surface area (Å²) in [5.74, 6) is -0.0141. The van der Waals surface area contributed by atoms with Crippen molar-refractivity contribution in [3.8, 4) is 5.75 Å². The number of aryl methyl sites for hydroxylation is 1. The van der Waals surface area contributed by atoms with Crippen LogP contribution in [0.2, 0.25) is 0 Å². The van der Waals surface area contributed by atoms with Crippen molar-refractivity contribution in [1.29, 1.82) is 5.41 Å². The molecule has 4 nitrogen and oxygen atoms in total. The first-order chi connectivity index (χ1) is 9.35. The van der Waals surface area contributed by atoms with Gasteiger partial charge in [0.05, 0.1) is 25.9 Å². The highest BCUT2D eigenvalue weighted by Gasteiger charge is 2.32. The average molecular weight is 322 g/mol. The topological polar surface area (TPSA) is 55.1 Å². The van der Waals surface area contributed by atoms with E-state index in [1.165, 1.54) is 12.1 Å². The molecule has 1 aromatic carbocycles. The minimum absolute atomic E-state index is 0.240. The van der Waals surface area contributed by atoms with Crippen molar-refractivity contribution in [2.24, 2.45) is 0 Å². The van der Waals surface area contributed by atoms with Crippen LogP contribution in [0.5, 0.6) is 5.75 Å². The van der Waals surface area contributed by atoms with Crippen molar-refractivity contribution in [3.63, 3.8) is 0 Å². The number of hydrogen-bond donors (Lipinski definition) is 1. The molecule has 1 atom stereocenters. The summed E-state index contributed by atoms with van der Waals surface area (Å²) in [5, 5.41) is 7.86. The molecule has 0 amide bonds. The van der Waals surface area contributed by atoms with Gasteiger partial charge in [0, 0.05) is 18.4 Å². The number of halogens is 3. The number of hydrogen-bond acceptors (Lipinski definition) is 4. The maximum Gasteiger partial charge on any atom is 0.573 e. The van der Waals surface area contributed by atoms with E-state index in [0.717, 1.165) is 11.3 Å². The molecule has 1 N–H and O–H groups in total. The van der Waals surface area contributed by atoms with Crippen LogP contribution in [0.4, 0.5) is 13.2 Å². The van der Waals surface area contributed by atoms with Crippen LogP contribution in [0.1, 0.15) is 6.42 Å². The van der Waals surface area contributed by atoms with Crippen molar-refractivity contribution in [2.45, 2.75) is 24.2 Å². The van der Waals surface area contributed by atoms with E-state index in [2.05, 4.69) is 4.74 Å². The Morgan fingerprint density at radius 1 is 1.40 bits per heavy atom. The van der Waals surface area contributed by atoms with Crippen molar-refractivity contribution in [3.05, 3.63) is 16.9 Å². The molecule has 0 bridgehead atoms. The van der Waals surface area contributed by atoms with E-state index in [0.29, 0.717) is 33.8 Å². The van der Waals surface area contributed by atoms with Gasteiger partial charge >= 0.3 is 6.36 Å². The maximum absolute atomic E-state index is 12.3. The lowest BCUT2D eigenvalue weighted by Gasteiger charge is -2.10. The Kier molecular flexibility index (Phi) is 3.13. The van der Waals surface area contributed by atoms with Gasteiger partial charge in [-0.25, -0.2) is 0 Å². The summed E-state index contributed by atoms with van der Waals surface area (Å²) in [4.78, 5) is 0.554. The molecule has 0 saturated heterocycles. The fourth-order valence-electron chi connectivity index (χ4n) is 2.21. The smallest absolute Gasteiger partial charge is 0.406 e. The summed E-state index contributed by atoms with van der Waals surface area (Å²) in [5.41, 5.74) is 0.588. The lowest BCUT2D eigenvalue weighted by atomic mass is 10.3. The molecular formula is C11H9F3N2O2S2. The summed E-state index contributed by atoms with van der Waals surface area (Å²) in [6, 6.07) is 2.41. The zero-order chi connectivity index (χ0) is 14.5. The van der Waals surface area contributed by atoms with E-state index in [-0.39, 0.29) is 10.6 Å². The predicted molar refractivity (Wildman–Crippen MR) is 68.2 cm³/mol. The minimum Gasteiger partial charge on any atom is -0.406 e.